The second kappa shape index (κ2) is 10.2. The van der Waals surface area contributed by atoms with Gasteiger partial charge in [0.25, 0.3) is 5.56 Å². The first kappa shape index (κ1) is 23.6. The fourth-order valence-electron chi connectivity index (χ4n) is 5.90. The molecule has 2 saturated heterocycles. The van der Waals surface area contributed by atoms with E-state index in [0.29, 0.717) is 38.7 Å². The van der Waals surface area contributed by atoms with Crippen LogP contribution >= 0.6 is 0 Å². The maximum absolute atomic E-state index is 12.9. The van der Waals surface area contributed by atoms with Gasteiger partial charge in [0.2, 0.25) is 5.91 Å². The number of aromatic nitrogens is 1. The van der Waals surface area contributed by atoms with Crippen LogP contribution in [0.15, 0.2) is 47.3 Å². The number of benzene rings is 1. The van der Waals surface area contributed by atoms with Crippen LogP contribution in [0.3, 0.4) is 0 Å². The molecule has 2 atom stereocenters. The molecule has 0 spiro atoms. The third-order valence-electron chi connectivity index (χ3n) is 7.44. The van der Waals surface area contributed by atoms with Crippen LogP contribution in [-0.4, -0.2) is 78.5 Å². The third-order valence-corrected chi connectivity index (χ3v) is 7.44. The highest BCUT2D eigenvalue weighted by molar-refractivity contribution is 5.99. The summed E-state index contributed by atoms with van der Waals surface area (Å²) in [6, 6.07) is 13.5. The zero-order valence-corrected chi connectivity index (χ0v) is 20.4. The van der Waals surface area contributed by atoms with Gasteiger partial charge in [0, 0.05) is 63.5 Å². The Morgan fingerprint density at radius 2 is 1.77 bits per heavy atom. The Morgan fingerprint density at radius 3 is 2.57 bits per heavy atom. The molecule has 2 fully saturated rings. The van der Waals surface area contributed by atoms with Crippen molar-refractivity contribution in [2.75, 3.05) is 57.3 Å². The quantitative estimate of drug-likeness (QED) is 0.567. The molecule has 4 heterocycles. The van der Waals surface area contributed by atoms with Crippen molar-refractivity contribution in [1.82, 2.24) is 14.4 Å². The molecule has 35 heavy (non-hydrogen) atoms. The minimum atomic E-state index is -0.0816. The Hall–Kier alpha value is -3.13. The van der Waals surface area contributed by atoms with E-state index in [1.165, 1.54) is 0 Å². The first-order valence-electron chi connectivity index (χ1n) is 12.7. The molecule has 0 radical (unpaired) electrons. The largest absolute Gasteiger partial charge is 0.492 e. The zero-order valence-electron chi connectivity index (χ0n) is 20.4. The molecule has 3 aliphatic heterocycles. The van der Waals surface area contributed by atoms with Gasteiger partial charge >= 0.3 is 0 Å². The molecule has 5 rings (SSSR count). The molecular weight excluding hydrogens is 444 g/mol. The number of nitrogens with zero attached hydrogens (tertiary/aromatic N) is 4. The number of piperidine rings is 1. The summed E-state index contributed by atoms with van der Waals surface area (Å²) in [6.45, 7) is 7.81. The van der Waals surface area contributed by atoms with Gasteiger partial charge in [-0.15, -0.1) is 0 Å². The van der Waals surface area contributed by atoms with E-state index in [9.17, 15) is 14.4 Å². The normalized spacial score (nSPS) is 22.0. The number of ether oxygens (including phenoxy) is 1. The number of para-hydroxylation sites is 2. The maximum atomic E-state index is 12.9. The van der Waals surface area contributed by atoms with Gasteiger partial charge in [0.15, 0.2) is 5.78 Å². The topological polar surface area (TPSA) is 75.1 Å². The molecule has 1 amide bonds. The Balaban J connectivity index is 1.12. The Kier molecular flexibility index (Phi) is 6.90. The summed E-state index contributed by atoms with van der Waals surface area (Å²) >= 11 is 0. The second-order valence-corrected chi connectivity index (χ2v) is 9.88. The van der Waals surface area contributed by atoms with Crippen molar-refractivity contribution in [3.63, 3.8) is 0 Å². The van der Waals surface area contributed by atoms with Crippen LogP contribution in [0.4, 0.5) is 5.69 Å². The van der Waals surface area contributed by atoms with Crippen LogP contribution in [0.25, 0.3) is 0 Å². The molecule has 186 valence electrons. The summed E-state index contributed by atoms with van der Waals surface area (Å²) in [5.41, 5.74) is 2.19. The van der Waals surface area contributed by atoms with E-state index in [1.54, 1.807) is 6.07 Å². The van der Waals surface area contributed by atoms with Crippen LogP contribution in [0, 0.1) is 5.92 Å². The number of amides is 1. The molecule has 0 saturated carbocycles. The molecular formula is C27H34N4O4. The molecule has 0 N–H and O–H groups in total. The Labute approximate surface area is 206 Å². The van der Waals surface area contributed by atoms with Crippen LogP contribution in [0.5, 0.6) is 5.75 Å². The van der Waals surface area contributed by atoms with E-state index in [2.05, 4.69) is 15.9 Å². The van der Waals surface area contributed by atoms with Crippen LogP contribution < -0.4 is 15.2 Å². The summed E-state index contributed by atoms with van der Waals surface area (Å²) in [5, 5.41) is 0. The van der Waals surface area contributed by atoms with Gasteiger partial charge in [-0.1, -0.05) is 18.2 Å². The number of carbonyl (C=O) groups is 2. The highest BCUT2D eigenvalue weighted by Gasteiger charge is 2.35. The van der Waals surface area contributed by atoms with Gasteiger partial charge in [-0.3, -0.25) is 19.3 Å². The smallest absolute Gasteiger partial charge is 0.250 e. The van der Waals surface area contributed by atoms with Gasteiger partial charge < -0.3 is 19.1 Å². The molecule has 8 nitrogen and oxygen atoms in total. The lowest BCUT2D eigenvalue weighted by Crippen LogP contribution is -2.50. The first-order chi connectivity index (χ1) is 17.0. The van der Waals surface area contributed by atoms with Crippen molar-refractivity contribution in [2.45, 2.75) is 32.2 Å². The lowest BCUT2D eigenvalue weighted by Gasteiger charge is -2.42. The molecule has 1 aromatic heterocycles. The predicted octanol–water partition coefficient (Wildman–Crippen LogP) is 1.97. The van der Waals surface area contributed by atoms with Crippen LogP contribution in [0.2, 0.25) is 0 Å². The summed E-state index contributed by atoms with van der Waals surface area (Å²) < 4.78 is 7.65. The number of ketones is 1. The number of rotatable bonds is 7. The second-order valence-electron chi connectivity index (χ2n) is 9.88. The van der Waals surface area contributed by atoms with Crippen molar-refractivity contribution >= 4 is 17.4 Å². The van der Waals surface area contributed by atoms with Crippen LogP contribution in [-0.2, 0) is 16.1 Å². The minimum absolute atomic E-state index is 0.0236. The number of pyridine rings is 1. The predicted molar refractivity (Wildman–Crippen MR) is 134 cm³/mol. The average Bonchev–Trinajstić information content (AvgIpc) is 2.85. The number of Topliss-reactive ketones (excluding diaryl/α,β-unsaturated/α-hetero) is 1. The summed E-state index contributed by atoms with van der Waals surface area (Å²) in [7, 11) is 0. The van der Waals surface area contributed by atoms with Crippen LogP contribution in [0.1, 0.15) is 31.4 Å². The maximum Gasteiger partial charge on any atom is 0.250 e. The molecule has 2 bridgehead atoms. The number of likely N-dealkylation sites (tertiary alicyclic amines) is 1. The minimum Gasteiger partial charge on any atom is -0.492 e. The lowest BCUT2D eigenvalue weighted by atomic mass is 9.83. The van der Waals surface area contributed by atoms with E-state index in [4.69, 9.17) is 4.74 Å². The molecule has 2 aromatic rings. The fraction of sp³-hybridized carbons (Fsp3) is 0.519. The standard InChI is InChI=1S/C27H34N4O4/c1-2-35-25-8-4-3-6-24(25)29-10-12-30(13-11-29)27(34)15-22(32)19-28-16-20-14-21(18-28)23-7-5-9-26(33)31(23)17-20/h3-9,20-21H,2,10-19H2,1H3. The molecule has 8 heteroatoms. The van der Waals surface area contributed by atoms with Gasteiger partial charge in [0.05, 0.1) is 25.3 Å². The number of hydrogen-bond donors (Lipinski definition) is 0. The van der Waals surface area contributed by atoms with Crippen molar-refractivity contribution < 1.29 is 14.3 Å². The van der Waals surface area contributed by atoms with E-state index >= 15 is 0 Å². The SMILES string of the molecule is CCOc1ccccc1N1CCN(C(=O)CC(=O)CN2CC3CC(C2)c2cccc(=O)n2C3)CC1. The molecule has 0 aliphatic carbocycles. The van der Waals surface area contributed by atoms with Crippen molar-refractivity contribution in [3.8, 4) is 5.75 Å². The number of anilines is 1. The molecule has 1 aromatic carbocycles. The van der Waals surface area contributed by atoms with Gasteiger partial charge in [-0.05, 0) is 37.5 Å². The number of hydrogen-bond acceptors (Lipinski definition) is 6. The van der Waals surface area contributed by atoms with E-state index in [0.717, 1.165) is 49.7 Å². The average molecular weight is 479 g/mol. The summed E-state index contributed by atoms with van der Waals surface area (Å²) in [4.78, 5) is 44.1. The number of carbonyl (C=O) groups excluding carboxylic acids is 2. The van der Waals surface area contributed by atoms with E-state index in [-0.39, 0.29) is 29.6 Å². The lowest BCUT2D eigenvalue weighted by molar-refractivity contribution is -0.136. The van der Waals surface area contributed by atoms with Crippen molar-refractivity contribution in [2.24, 2.45) is 5.92 Å². The molecule has 3 aliphatic rings. The number of fused-ring (bicyclic) bond motifs is 4. The van der Waals surface area contributed by atoms with Crippen molar-refractivity contribution in [1.29, 1.82) is 0 Å². The summed E-state index contributed by atoms with van der Waals surface area (Å²) in [6.07, 6.45) is 1.02. The Morgan fingerprint density at radius 1 is 0.971 bits per heavy atom. The third kappa shape index (κ3) is 5.12. The van der Waals surface area contributed by atoms with E-state index in [1.807, 2.05) is 46.7 Å². The fourth-order valence-corrected chi connectivity index (χ4v) is 5.90. The molecule has 2 unspecified atom stereocenters. The van der Waals surface area contributed by atoms with Gasteiger partial charge in [0.1, 0.15) is 5.75 Å². The first-order valence-corrected chi connectivity index (χ1v) is 12.7. The number of piperazine rings is 1. The van der Waals surface area contributed by atoms with Gasteiger partial charge in [-0.25, -0.2) is 0 Å². The highest BCUT2D eigenvalue weighted by atomic mass is 16.5. The monoisotopic (exact) mass is 478 g/mol. The Bertz CT molecular complexity index is 1140. The zero-order chi connectivity index (χ0) is 24.4. The highest BCUT2D eigenvalue weighted by Crippen LogP contribution is 2.35. The van der Waals surface area contributed by atoms with Gasteiger partial charge in [-0.2, -0.15) is 0 Å². The van der Waals surface area contributed by atoms with E-state index < -0.39 is 0 Å². The summed E-state index contributed by atoms with van der Waals surface area (Å²) in [5.74, 6) is 1.40. The van der Waals surface area contributed by atoms with Crippen molar-refractivity contribution in [3.05, 3.63) is 58.5 Å².